The average molecular weight is 622 g/mol. The van der Waals surface area contributed by atoms with Crippen LogP contribution in [-0.4, -0.2) is 23.7 Å². The van der Waals surface area contributed by atoms with Gasteiger partial charge in [0.15, 0.2) is 0 Å². The van der Waals surface area contributed by atoms with Crippen molar-refractivity contribution in [1.82, 2.24) is 5.32 Å². The number of rotatable bonds is 8. The van der Waals surface area contributed by atoms with E-state index in [-0.39, 0.29) is 11.7 Å². The summed E-state index contributed by atoms with van der Waals surface area (Å²) in [6, 6.07) is 49.8. The van der Waals surface area contributed by atoms with Gasteiger partial charge >= 0.3 is 227 Å². The van der Waals surface area contributed by atoms with Gasteiger partial charge in [0.1, 0.15) is 0 Å². The quantitative estimate of drug-likeness (QED) is 0.145. The second kappa shape index (κ2) is 12.5. The van der Waals surface area contributed by atoms with Gasteiger partial charge in [-0.25, -0.2) is 0 Å². The molecular weight excluding hydrogens is 589 g/mol. The number of amides is 1. The Morgan fingerprint density at radius 2 is 1.15 bits per heavy atom. The molecule has 1 heterocycles. The molecule has 0 radical (unpaired) electrons. The van der Waals surface area contributed by atoms with Gasteiger partial charge in [0, 0.05) is 0 Å². The topological polar surface area (TPSA) is 79.5 Å². The molecule has 0 saturated heterocycles. The van der Waals surface area contributed by atoms with Crippen LogP contribution in [0.15, 0.2) is 161 Å². The maximum atomic E-state index is 13.4. The van der Waals surface area contributed by atoms with Crippen molar-refractivity contribution in [1.29, 1.82) is 0 Å². The number of aromatic hydroxyl groups is 1. The van der Waals surface area contributed by atoms with E-state index in [0.29, 0.717) is 28.6 Å². The molecule has 0 spiro atoms. The maximum absolute atomic E-state index is 13.4. The van der Waals surface area contributed by atoms with E-state index in [9.17, 15) is 14.7 Å². The molecule has 46 heavy (non-hydrogen) atoms. The van der Waals surface area contributed by atoms with E-state index in [0.717, 1.165) is 16.9 Å². The number of carbonyl (C=O) groups excluding carboxylic acids is 1. The Morgan fingerprint density at radius 3 is 1.70 bits per heavy atom. The summed E-state index contributed by atoms with van der Waals surface area (Å²) in [6.07, 6.45) is 0.777. The second-order valence-electron chi connectivity index (χ2n) is 11.4. The van der Waals surface area contributed by atoms with Crippen LogP contribution in [0, 0.1) is 0 Å². The molecule has 2 N–H and O–H groups in total. The van der Waals surface area contributed by atoms with E-state index < -0.39 is 18.4 Å². The number of hydrogen-bond acceptors (Lipinski definition) is 4. The molecular formula is C40H32NO4P. The Kier molecular flexibility index (Phi) is 7.92. The van der Waals surface area contributed by atoms with E-state index >= 15 is 0 Å². The molecule has 0 atom stereocenters. The van der Waals surface area contributed by atoms with Crippen molar-refractivity contribution in [3.05, 3.63) is 167 Å². The summed E-state index contributed by atoms with van der Waals surface area (Å²) in [5, 5.41) is 20.0. The predicted molar refractivity (Wildman–Crippen MR) is 191 cm³/mol. The first-order chi connectivity index (χ1) is 22.5. The number of benzene rings is 6. The number of nitrogens with one attached hydrogen (secondary N) is 1. The molecule has 0 saturated carbocycles. The number of carbonyl (C=O) groups is 1. The predicted octanol–water partition coefficient (Wildman–Crippen LogP) is 6.78. The van der Waals surface area contributed by atoms with Crippen molar-refractivity contribution in [3.63, 3.8) is 0 Å². The molecule has 0 unspecified atom stereocenters. The van der Waals surface area contributed by atoms with Gasteiger partial charge < -0.3 is 0 Å². The Hall–Kier alpha value is -5.51. The molecule has 6 heteroatoms. The van der Waals surface area contributed by atoms with Crippen LogP contribution in [0.4, 0.5) is 0 Å². The summed E-state index contributed by atoms with van der Waals surface area (Å²) in [7, 11) is -2.48. The molecule has 226 valence electrons. The van der Waals surface area contributed by atoms with Crippen molar-refractivity contribution < 1.29 is 14.3 Å². The van der Waals surface area contributed by atoms with E-state index in [1.165, 1.54) is 15.9 Å². The van der Waals surface area contributed by atoms with Gasteiger partial charge in [-0.05, 0) is 16.8 Å². The van der Waals surface area contributed by atoms with E-state index in [1.807, 2.05) is 42.5 Å². The zero-order valence-corrected chi connectivity index (χ0v) is 26.0. The van der Waals surface area contributed by atoms with Gasteiger partial charge in [0.2, 0.25) is 0 Å². The minimum atomic E-state index is -2.48. The first kappa shape index (κ1) is 29.2. The summed E-state index contributed by atoms with van der Waals surface area (Å²) >= 11 is 0. The van der Waals surface area contributed by atoms with Gasteiger partial charge in [-0.1, -0.05) is 24.3 Å². The van der Waals surface area contributed by atoms with Crippen molar-refractivity contribution in [3.8, 4) is 17.1 Å². The van der Waals surface area contributed by atoms with Crippen molar-refractivity contribution in [2.75, 3.05) is 12.7 Å². The van der Waals surface area contributed by atoms with Gasteiger partial charge in [0.05, 0.1) is 0 Å². The van der Waals surface area contributed by atoms with Crippen molar-refractivity contribution >= 4 is 50.8 Å². The molecule has 7 rings (SSSR count). The Bertz CT molecular complexity index is 2120. The van der Waals surface area contributed by atoms with Gasteiger partial charge in [0.25, 0.3) is 0 Å². The van der Waals surface area contributed by atoms with Crippen molar-refractivity contribution in [2.24, 2.45) is 0 Å². The fourth-order valence-corrected chi connectivity index (χ4v) is 11.1. The standard InChI is InChI=1S/C40H32NO4P/c42-37-35-26-30-12-10-11-13-31(30)27-36(35)45-39(38(37)43)28-20-22-29(23-21-28)40(44)41-24-25-46(32-14-4-1-5-15-32,33-16-6-2-7-17-33)34-18-8-3-9-19-34/h1-23,26-27,43,46H,24-25H2,(H,41,44). The van der Waals surface area contributed by atoms with Crippen LogP contribution in [0.5, 0.6) is 5.75 Å². The van der Waals surface area contributed by atoms with Crippen LogP contribution >= 0.6 is 7.26 Å². The zero-order chi connectivity index (χ0) is 31.5. The fourth-order valence-electron chi connectivity index (χ4n) is 6.41. The van der Waals surface area contributed by atoms with Crippen LogP contribution in [0.1, 0.15) is 10.4 Å². The Balaban J connectivity index is 1.15. The molecule has 0 aliphatic carbocycles. The number of hydrogen-bond donors (Lipinski definition) is 2. The minimum absolute atomic E-state index is 0.0732. The Morgan fingerprint density at radius 1 is 0.652 bits per heavy atom. The SMILES string of the molecule is O=C(NCC[PH](c1ccccc1)(c1ccccc1)c1ccccc1)c1ccc(-c2oc3cc4ccccc4cc3c(=O)c2O)cc1. The molecule has 1 amide bonds. The first-order valence-electron chi connectivity index (χ1n) is 15.3. The third-order valence-corrected chi connectivity index (χ3v) is 13.7. The van der Waals surface area contributed by atoms with E-state index in [2.05, 4.69) is 78.1 Å². The molecule has 0 aliphatic rings. The van der Waals surface area contributed by atoms with E-state index in [4.69, 9.17) is 4.42 Å². The van der Waals surface area contributed by atoms with Crippen molar-refractivity contribution in [2.45, 2.75) is 0 Å². The average Bonchev–Trinajstić information content (AvgIpc) is 3.12. The van der Waals surface area contributed by atoms with Crippen LogP contribution < -0.4 is 26.7 Å². The van der Waals surface area contributed by atoms with Gasteiger partial charge in [-0.15, -0.1) is 0 Å². The molecule has 0 bridgehead atoms. The molecule has 0 aliphatic heterocycles. The van der Waals surface area contributed by atoms with Crippen LogP contribution in [0.25, 0.3) is 33.1 Å². The second-order valence-corrected chi connectivity index (χ2v) is 15.4. The summed E-state index contributed by atoms with van der Waals surface area (Å²) in [4.78, 5) is 26.5. The zero-order valence-electron chi connectivity index (χ0n) is 25.0. The van der Waals surface area contributed by atoms with Gasteiger partial charge in [-0.2, -0.15) is 0 Å². The molecule has 1 aromatic heterocycles. The fraction of sp³-hybridized carbons (Fsp3) is 0.0500. The van der Waals surface area contributed by atoms with Gasteiger partial charge in [-0.3, -0.25) is 0 Å². The molecule has 5 nitrogen and oxygen atoms in total. The molecule has 6 aromatic carbocycles. The molecule has 7 aromatic rings. The molecule has 0 fully saturated rings. The first-order valence-corrected chi connectivity index (χ1v) is 17.5. The van der Waals surface area contributed by atoms with E-state index in [1.54, 1.807) is 36.4 Å². The normalized spacial score (nSPS) is 11.8. The summed E-state index contributed by atoms with van der Waals surface area (Å²) in [5.41, 5.74) is 0.876. The summed E-state index contributed by atoms with van der Waals surface area (Å²) < 4.78 is 6.05. The number of fused-ring (bicyclic) bond motifs is 2. The van der Waals surface area contributed by atoms with Crippen LogP contribution in [-0.2, 0) is 0 Å². The van der Waals surface area contributed by atoms with Crippen LogP contribution in [0.3, 0.4) is 0 Å². The Labute approximate surface area is 267 Å². The van der Waals surface area contributed by atoms with Crippen LogP contribution in [0.2, 0.25) is 0 Å². The summed E-state index contributed by atoms with van der Waals surface area (Å²) in [6.45, 7) is 0.486. The monoisotopic (exact) mass is 621 g/mol. The summed E-state index contributed by atoms with van der Waals surface area (Å²) in [5.74, 6) is -0.576. The third-order valence-electron chi connectivity index (χ3n) is 8.73. The third kappa shape index (κ3) is 5.36.